The second-order valence-electron chi connectivity index (χ2n) is 5.82. The molecule has 140 valence electrons. The summed E-state index contributed by atoms with van der Waals surface area (Å²) in [6, 6.07) is 9.45. The van der Waals surface area contributed by atoms with Crippen LogP contribution in [0.5, 0.6) is 5.75 Å². The molecule has 26 heavy (non-hydrogen) atoms. The van der Waals surface area contributed by atoms with Gasteiger partial charge < -0.3 is 10.1 Å². The van der Waals surface area contributed by atoms with Crippen LogP contribution in [0.15, 0.2) is 53.7 Å². The van der Waals surface area contributed by atoms with E-state index in [1.807, 2.05) is 19.1 Å². The van der Waals surface area contributed by atoms with Crippen molar-refractivity contribution in [3.63, 3.8) is 0 Å². The van der Waals surface area contributed by atoms with E-state index < -0.39 is 10.0 Å². The normalized spacial score (nSPS) is 12.4. The summed E-state index contributed by atoms with van der Waals surface area (Å²) in [6.45, 7) is 3.95. The van der Waals surface area contributed by atoms with E-state index in [-0.39, 0.29) is 23.5 Å². The van der Waals surface area contributed by atoms with E-state index in [9.17, 15) is 13.2 Å². The Morgan fingerprint density at radius 1 is 1.15 bits per heavy atom. The van der Waals surface area contributed by atoms with Crippen LogP contribution < -0.4 is 14.8 Å². The number of amides is 1. The third-order valence-corrected chi connectivity index (χ3v) is 5.32. The maximum atomic E-state index is 12.2. The van der Waals surface area contributed by atoms with Gasteiger partial charge in [-0.2, -0.15) is 0 Å². The average Bonchev–Trinajstić information content (AvgIpc) is 2.65. The molecule has 0 saturated carbocycles. The number of sulfonamides is 1. The van der Waals surface area contributed by atoms with E-state index >= 15 is 0 Å². The molecule has 8 heteroatoms. The fraction of sp³-hybridized carbons (Fsp3) is 0.333. The largest absolute Gasteiger partial charge is 0.484 e. The number of carbonyl (C=O) groups is 1. The van der Waals surface area contributed by atoms with Crippen LogP contribution in [0.4, 0.5) is 0 Å². The van der Waals surface area contributed by atoms with Crippen LogP contribution in [-0.4, -0.2) is 32.0 Å². The van der Waals surface area contributed by atoms with Crippen molar-refractivity contribution < 1.29 is 17.9 Å². The molecule has 2 rings (SSSR count). The molecular formula is C18H23N3O4S. The maximum absolute atomic E-state index is 12.2. The summed E-state index contributed by atoms with van der Waals surface area (Å²) < 4.78 is 32.3. The first kappa shape index (κ1) is 19.9. The molecule has 1 atom stereocenters. The van der Waals surface area contributed by atoms with Crippen molar-refractivity contribution in [1.29, 1.82) is 0 Å². The summed E-state index contributed by atoms with van der Waals surface area (Å²) in [5.41, 5.74) is 0.941. The van der Waals surface area contributed by atoms with Crippen LogP contribution in [-0.2, 0) is 21.4 Å². The molecule has 1 aromatic carbocycles. The molecule has 1 heterocycles. The predicted octanol–water partition coefficient (Wildman–Crippen LogP) is 1.85. The highest BCUT2D eigenvalue weighted by Gasteiger charge is 2.16. The van der Waals surface area contributed by atoms with Gasteiger partial charge in [0, 0.05) is 25.0 Å². The minimum absolute atomic E-state index is 0.139. The predicted molar refractivity (Wildman–Crippen MR) is 98.1 cm³/mol. The van der Waals surface area contributed by atoms with Crippen molar-refractivity contribution in [2.75, 3.05) is 6.61 Å². The number of ether oxygens (including phenoxy) is 1. The third kappa shape index (κ3) is 6.12. The van der Waals surface area contributed by atoms with Crippen LogP contribution in [0.1, 0.15) is 25.8 Å². The SMILES string of the molecule is CC[C@H](C)NS(=O)(=O)c1ccc(OCC(=O)NCc2ccncc2)cc1. The Balaban J connectivity index is 1.84. The van der Waals surface area contributed by atoms with Crippen molar-refractivity contribution >= 4 is 15.9 Å². The van der Waals surface area contributed by atoms with Crippen LogP contribution in [0, 0.1) is 0 Å². The molecule has 7 nitrogen and oxygen atoms in total. The molecule has 2 aromatic rings. The van der Waals surface area contributed by atoms with E-state index in [1.165, 1.54) is 24.3 Å². The fourth-order valence-electron chi connectivity index (χ4n) is 2.03. The highest BCUT2D eigenvalue weighted by Crippen LogP contribution is 2.16. The van der Waals surface area contributed by atoms with E-state index in [1.54, 1.807) is 19.3 Å². The van der Waals surface area contributed by atoms with Crippen molar-refractivity contribution in [3.05, 3.63) is 54.4 Å². The molecule has 0 aliphatic carbocycles. The smallest absolute Gasteiger partial charge is 0.258 e. The summed E-state index contributed by atoms with van der Waals surface area (Å²) in [4.78, 5) is 15.9. The molecule has 2 N–H and O–H groups in total. The van der Waals surface area contributed by atoms with Crippen LogP contribution in [0.2, 0.25) is 0 Å². The van der Waals surface area contributed by atoms with E-state index in [2.05, 4.69) is 15.0 Å². The molecule has 0 radical (unpaired) electrons. The summed E-state index contributed by atoms with van der Waals surface area (Å²) >= 11 is 0. The number of hydrogen-bond acceptors (Lipinski definition) is 5. The van der Waals surface area contributed by atoms with Gasteiger partial charge in [-0.3, -0.25) is 9.78 Å². The van der Waals surface area contributed by atoms with E-state index in [0.717, 1.165) is 5.56 Å². The zero-order valence-electron chi connectivity index (χ0n) is 14.8. The highest BCUT2D eigenvalue weighted by atomic mass is 32.2. The summed E-state index contributed by atoms with van der Waals surface area (Å²) in [7, 11) is -3.55. The zero-order valence-corrected chi connectivity index (χ0v) is 15.6. The average molecular weight is 377 g/mol. The fourth-order valence-corrected chi connectivity index (χ4v) is 3.36. The van der Waals surface area contributed by atoms with Gasteiger partial charge in [0.2, 0.25) is 10.0 Å². The van der Waals surface area contributed by atoms with Gasteiger partial charge in [0.05, 0.1) is 4.90 Å². The molecule has 0 saturated heterocycles. The first-order valence-electron chi connectivity index (χ1n) is 8.31. The van der Waals surface area contributed by atoms with Gasteiger partial charge in [0.25, 0.3) is 5.91 Å². The van der Waals surface area contributed by atoms with Gasteiger partial charge in [-0.1, -0.05) is 6.92 Å². The number of benzene rings is 1. The first-order valence-corrected chi connectivity index (χ1v) is 9.80. The molecule has 0 fully saturated rings. The number of pyridine rings is 1. The Hall–Kier alpha value is -2.45. The number of nitrogens with zero attached hydrogens (tertiary/aromatic N) is 1. The number of rotatable bonds is 9. The highest BCUT2D eigenvalue weighted by molar-refractivity contribution is 7.89. The Morgan fingerprint density at radius 3 is 2.42 bits per heavy atom. The zero-order chi connectivity index (χ0) is 19.0. The van der Waals surface area contributed by atoms with Crippen molar-refractivity contribution in [2.24, 2.45) is 0 Å². The second kappa shape index (κ2) is 9.30. The van der Waals surface area contributed by atoms with Gasteiger partial charge in [-0.15, -0.1) is 0 Å². The molecule has 0 unspecified atom stereocenters. The standard InChI is InChI=1S/C18H23N3O4S/c1-3-14(2)21-26(23,24)17-6-4-16(5-7-17)25-13-18(22)20-12-15-8-10-19-11-9-15/h4-11,14,21H,3,12-13H2,1-2H3,(H,20,22)/t14-/m0/s1. The lowest BCUT2D eigenvalue weighted by Crippen LogP contribution is -2.32. The van der Waals surface area contributed by atoms with Crippen LogP contribution >= 0.6 is 0 Å². The van der Waals surface area contributed by atoms with Gasteiger partial charge in [-0.05, 0) is 55.3 Å². The van der Waals surface area contributed by atoms with Gasteiger partial charge in [-0.25, -0.2) is 13.1 Å². The lowest BCUT2D eigenvalue weighted by molar-refractivity contribution is -0.123. The summed E-state index contributed by atoms with van der Waals surface area (Å²) in [5, 5.41) is 2.74. The van der Waals surface area contributed by atoms with Gasteiger partial charge in [0.1, 0.15) is 5.75 Å². The maximum Gasteiger partial charge on any atom is 0.258 e. The summed E-state index contributed by atoms with van der Waals surface area (Å²) in [6.07, 6.45) is 4.02. The Labute approximate surface area is 153 Å². The Morgan fingerprint density at radius 2 is 1.81 bits per heavy atom. The second-order valence-corrected chi connectivity index (χ2v) is 7.54. The monoisotopic (exact) mass is 377 g/mol. The molecule has 1 aromatic heterocycles. The van der Waals surface area contributed by atoms with Crippen molar-refractivity contribution in [3.8, 4) is 5.75 Å². The molecule has 0 bridgehead atoms. The molecule has 1 amide bonds. The first-order chi connectivity index (χ1) is 12.4. The summed E-state index contributed by atoms with van der Waals surface area (Å²) in [5.74, 6) is 0.156. The number of carbonyl (C=O) groups excluding carboxylic acids is 1. The quantitative estimate of drug-likeness (QED) is 0.695. The molecular weight excluding hydrogens is 354 g/mol. The van der Waals surface area contributed by atoms with E-state index in [0.29, 0.717) is 18.7 Å². The van der Waals surface area contributed by atoms with Crippen LogP contribution in [0.3, 0.4) is 0 Å². The number of nitrogens with one attached hydrogen (secondary N) is 2. The van der Waals surface area contributed by atoms with Crippen LogP contribution in [0.25, 0.3) is 0 Å². The van der Waals surface area contributed by atoms with Crippen molar-refractivity contribution in [1.82, 2.24) is 15.0 Å². The Bertz CT molecular complexity index is 808. The minimum Gasteiger partial charge on any atom is -0.484 e. The van der Waals surface area contributed by atoms with Gasteiger partial charge >= 0.3 is 0 Å². The Kier molecular flexibility index (Phi) is 7.11. The van der Waals surface area contributed by atoms with Crippen molar-refractivity contribution in [2.45, 2.75) is 37.8 Å². The molecule has 0 aliphatic rings. The molecule has 0 aliphatic heterocycles. The number of aromatic nitrogens is 1. The molecule has 0 spiro atoms. The van der Waals surface area contributed by atoms with Gasteiger partial charge in [0.15, 0.2) is 6.61 Å². The lowest BCUT2D eigenvalue weighted by Gasteiger charge is -2.12. The number of hydrogen-bond donors (Lipinski definition) is 2. The van der Waals surface area contributed by atoms with E-state index in [4.69, 9.17) is 4.74 Å². The lowest BCUT2D eigenvalue weighted by atomic mass is 10.3. The topological polar surface area (TPSA) is 97.4 Å². The minimum atomic E-state index is -3.55. The third-order valence-electron chi connectivity index (χ3n) is 3.71.